The number of hydrogen-bond donors (Lipinski definition) is 2. The minimum atomic E-state index is -0.551. The van der Waals surface area contributed by atoms with Crippen molar-refractivity contribution in [3.8, 4) is 0 Å². The number of aliphatic hydroxyl groups excluding tert-OH is 1. The summed E-state index contributed by atoms with van der Waals surface area (Å²) in [5.41, 5.74) is 0. The summed E-state index contributed by atoms with van der Waals surface area (Å²) in [5.74, 6) is 0. The second kappa shape index (κ2) is 3.04. The Labute approximate surface area is 47.9 Å². The summed E-state index contributed by atoms with van der Waals surface area (Å²) in [6, 6.07) is 0. The Morgan fingerprint density at radius 3 is 2.43 bits per heavy atom. The zero-order chi connectivity index (χ0) is 5.86. The van der Waals surface area contributed by atoms with Gasteiger partial charge in [0.25, 0.3) is 0 Å². The van der Waals surface area contributed by atoms with Crippen molar-refractivity contribution < 1.29 is 9.90 Å². The molecule has 3 heteroatoms. The quantitative estimate of drug-likeness (QED) is 0.511. The minimum Gasteiger partial charge on any atom is -0.393 e. The molecule has 0 aromatic carbocycles. The second-order valence-corrected chi connectivity index (χ2v) is 1.95. The number of aliphatic hydroxyl groups is 1. The van der Waals surface area contributed by atoms with Gasteiger partial charge in [0.05, 0.1) is 6.10 Å². The highest BCUT2D eigenvalue weighted by atomic mass is 32.1. The van der Waals surface area contributed by atoms with E-state index in [9.17, 15) is 4.79 Å². The number of carbonyl (C=O) groups excluding carboxylic acids is 1. The van der Waals surface area contributed by atoms with E-state index in [0.29, 0.717) is 0 Å². The average molecular weight is 120 g/mol. The van der Waals surface area contributed by atoms with Gasteiger partial charge < -0.3 is 5.11 Å². The predicted molar refractivity (Wildman–Crippen MR) is 30.3 cm³/mol. The summed E-state index contributed by atoms with van der Waals surface area (Å²) in [7, 11) is 0. The lowest BCUT2D eigenvalue weighted by Crippen LogP contribution is -2.03. The first-order chi connectivity index (χ1) is 3.13. The average Bonchev–Trinajstić information content (AvgIpc) is 1.27. The van der Waals surface area contributed by atoms with Crippen molar-refractivity contribution in [2.24, 2.45) is 0 Å². The highest BCUT2D eigenvalue weighted by Crippen LogP contribution is 1.92. The standard InChI is InChI=1S/C4H8O2S/c1-3(5)2-4(6)7/h3,5H,2H2,1H3,(H,6,7)/t3-/m0/s1. The largest absolute Gasteiger partial charge is 0.393 e. The van der Waals surface area contributed by atoms with Gasteiger partial charge in [-0.05, 0) is 6.92 Å². The molecule has 7 heavy (non-hydrogen) atoms. The molecule has 0 saturated carbocycles. The van der Waals surface area contributed by atoms with Crippen molar-refractivity contribution in [2.75, 3.05) is 0 Å². The summed E-state index contributed by atoms with van der Waals surface area (Å²) in [6.45, 7) is 1.55. The number of thiol groups is 1. The molecule has 0 unspecified atom stereocenters. The van der Waals surface area contributed by atoms with Crippen LogP contribution in [0, 0.1) is 0 Å². The first-order valence-electron chi connectivity index (χ1n) is 2.03. The lowest BCUT2D eigenvalue weighted by Gasteiger charge is -1.94. The van der Waals surface area contributed by atoms with Crippen LogP contribution in [0.25, 0.3) is 0 Å². The molecule has 0 aromatic heterocycles. The van der Waals surface area contributed by atoms with Crippen molar-refractivity contribution in [3.05, 3.63) is 0 Å². The van der Waals surface area contributed by atoms with Crippen molar-refractivity contribution in [1.29, 1.82) is 0 Å². The van der Waals surface area contributed by atoms with Crippen LogP contribution in [0.15, 0.2) is 0 Å². The van der Waals surface area contributed by atoms with E-state index in [1.54, 1.807) is 6.92 Å². The molecule has 0 saturated heterocycles. The molecule has 0 aliphatic rings. The summed E-state index contributed by atoms with van der Waals surface area (Å²) in [4.78, 5) is 9.96. The fourth-order valence-electron chi connectivity index (χ4n) is 0.253. The van der Waals surface area contributed by atoms with E-state index < -0.39 is 6.10 Å². The number of rotatable bonds is 2. The maximum Gasteiger partial charge on any atom is 0.188 e. The number of hydrogen-bond acceptors (Lipinski definition) is 2. The van der Waals surface area contributed by atoms with Gasteiger partial charge >= 0.3 is 0 Å². The van der Waals surface area contributed by atoms with E-state index in [4.69, 9.17) is 5.11 Å². The third-order valence-electron chi connectivity index (χ3n) is 0.470. The van der Waals surface area contributed by atoms with Crippen LogP contribution in [-0.4, -0.2) is 16.3 Å². The van der Waals surface area contributed by atoms with Crippen LogP contribution in [0.2, 0.25) is 0 Å². The third-order valence-corrected chi connectivity index (χ3v) is 0.653. The molecule has 0 aliphatic heterocycles. The molecular weight excluding hydrogens is 112 g/mol. The third kappa shape index (κ3) is 5.98. The van der Waals surface area contributed by atoms with Gasteiger partial charge in [-0.2, -0.15) is 0 Å². The summed E-state index contributed by atoms with van der Waals surface area (Å²) in [5, 5.41) is 8.18. The summed E-state index contributed by atoms with van der Waals surface area (Å²) >= 11 is 3.44. The SMILES string of the molecule is C[C@H](O)CC(=O)S. The molecule has 0 aliphatic carbocycles. The molecule has 0 radical (unpaired) electrons. The molecule has 1 N–H and O–H groups in total. The van der Waals surface area contributed by atoms with Gasteiger partial charge in [0.15, 0.2) is 5.12 Å². The fourth-order valence-corrected chi connectivity index (χ4v) is 0.517. The Morgan fingerprint density at radius 2 is 2.43 bits per heavy atom. The van der Waals surface area contributed by atoms with Crippen LogP contribution in [0.3, 0.4) is 0 Å². The molecular formula is C4H8O2S. The molecule has 0 amide bonds. The monoisotopic (exact) mass is 120 g/mol. The van der Waals surface area contributed by atoms with E-state index >= 15 is 0 Å². The Kier molecular flexibility index (Phi) is 3.04. The van der Waals surface area contributed by atoms with E-state index in [2.05, 4.69) is 12.6 Å². The van der Waals surface area contributed by atoms with Gasteiger partial charge in [-0.25, -0.2) is 0 Å². The van der Waals surface area contributed by atoms with E-state index in [1.165, 1.54) is 0 Å². The van der Waals surface area contributed by atoms with Crippen molar-refractivity contribution in [1.82, 2.24) is 0 Å². The van der Waals surface area contributed by atoms with Crippen molar-refractivity contribution in [2.45, 2.75) is 19.4 Å². The molecule has 0 spiro atoms. The van der Waals surface area contributed by atoms with Gasteiger partial charge in [0.1, 0.15) is 0 Å². The highest BCUT2D eigenvalue weighted by Gasteiger charge is 1.98. The van der Waals surface area contributed by atoms with Crippen LogP contribution >= 0.6 is 12.6 Å². The fraction of sp³-hybridized carbons (Fsp3) is 0.750. The molecule has 42 valence electrons. The van der Waals surface area contributed by atoms with Crippen LogP contribution in [0.4, 0.5) is 0 Å². The van der Waals surface area contributed by atoms with Crippen molar-refractivity contribution >= 4 is 17.7 Å². The zero-order valence-electron chi connectivity index (χ0n) is 4.09. The Hall–Kier alpha value is -0.0200. The van der Waals surface area contributed by atoms with E-state index in [0.717, 1.165) is 0 Å². The maximum atomic E-state index is 9.96. The first kappa shape index (κ1) is 6.98. The minimum absolute atomic E-state index is 0.142. The molecule has 0 aromatic rings. The second-order valence-electron chi connectivity index (χ2n) is 1.45. The molecule has 0 heterocycles. The Bertz CT molecular complexity index is 70.1. The van der Waals surface area contributed by atoms with Gasteiger partial charge in [-0.3, -0.25) is 4.79 Å². The summed E-state index contributed by atoms with van der Waals surface area (Å²) < 4.78 is 0. The van der Waals surface area contributed by atoms with E-state index in [-0.39, 0.29) is 11.5 Å². The lowest BCUT2D eigenvalue weighted by atomic mass is 10.3. The topological polar surface area (TPSA) is 37.3 Å². The Morgan fingerprint density at radius 1 is 2.00 bits per heavy atom. The first-order valence-corrected chi connectivity index (χ1v) is 2.47. The van der Waals surface area contributed by atoms with Gasteiger partial charge in [0.2, 0.25) is 0 Å². The molecule has 1 atom stereocenters. The lowest BCUT2D eigenvalue weighted by molar-refractivity contribution is -0.112. The normalized spacial score (nSPS) is 13.6. The smallest absolute Gasteiger partial charge is 0.188 e. The Balaban J connectivity index is 3.13. The van der Waals surface area contributed by atoms with E-state index in [1.807, 2.05) is 0 Å². The molecule has 0 fully saturated rings. The van der Waals surface area contributed by atoms with Gasteiger partial charge in [0, 0.05) is 6.42 Å². The van der Waals surface area contributed by atoms with Crippen LogP contribution in [-0.2, 0) is 4.79 Å². The van der Waals surface area contributed by atoms with Crippen LogP contribution < -0.4 is 0 Å². The predicted octanol–water partition coefficient (Wildman–Crippen LogP) is 0.214. The molecule has 0 rings (SSSR count). The maximum absolute atomic E-state index is 9.96. The summed E-state index contributed by atoms with van der Waals surface area (Å²) in [6.07, 6.45) is -0.409. The molecule has 2 nitrogen and oxygen atoms in total. The van der Waals surface area contributed by atoms with Gasteiger partial charge in [-0.15, -0.1) is 12.6 Å². The van der Waals surface area contributed by atoms with Crippen LogP contribution in [0.1, 0.15) is 13.3 Å². The van der Waals surface area contributed by atoms with Crippen LogP contribution in [0.5, 0.6) is 0 Å². The van der Waals surface area contributed by atoms with Gasteiger partial charge in [-0.1, -0.05) is 0 Å². The highest BCUT2D eigenvalue weighted by molar-refractivity contribution is 7.96. The number of carbonyl (C=O) groups is 1. The van der Waals surface area contributed by atoms with Crippen molar-refractivity contribution in [3.63, 3.8) is 0 Å². The molecule has 0 bridgehead atoms. The zero-order valence-corrected chi connectivity index (χ0v) is 4.98.